The molecule has 9 heteroatoms. The normalized spacial score (nSPS) is 15.9. The molecule has 0 radical (unpaired) electrons. The van der Waals surface area contributed by atoms with E-state index in [4.69, 9.17) is 21.8 Å². The minimum Gasteiger partial charge on any atom is -0.338 e. The first-order valence-corrected chi connectivity index (χ1v) is 12.5. The van der Waals surface area contributed by atoms with Crippen molar-refractivity contribution in [1.82, 2.24) is 34.3 Å². The van der Waals surface area contributed by atoms with Crippen molar-refractivity contribution in [2.45, 2.75) is 32.5 Å². The van der Waals surface area contributed by atoms with Gasteiger partial charge in [0.1, 0.15) is 5.82 Å². The van der Waals surface area contributed by atoms with Crippen molar-refractivity contribution in [3.8, 4) is 0 Å². The molecule has 0 saturated carbocycles. The zero-order valence-corrected chi connectivity index (χ0v) is 21.1. The molecule has 2 aromatic heterocycles. The van der Waals surface area contributed by atoms with Crippen LogP contribution in [-0.2, 0) is 26.6 Å². The van der Waals surface area contributed by atoms with Gasteiger partial charge in [0.25, 0.3) is 0 Å². The van der Waals surface area contributed by atoms with Crippen LogP contribution >= 0.6 is 12.2 Å². The van der Waals surface area contributed by atoms with Crippen LogP contribution in [0.2, 0.25) is 0 Å². The van der Waals surface area contributed by atoms with Gasteiger partial charge in [-0.2, -0.15) is 10.1 Å². The molecule has 0 amide bonds. The molecule has 0 aliphatic carbocycles. The summed E-state index contributed by atoms with van der Waals surface area (Å²) in [6, 6.07) is 20.7. The van der Waals surface area contributed by atoms with E-state index < -0.39 is 0 Å². The summed E-state index contributed by atoms with van der Waals surface area (Å²) in [5, 5.41) is 9.02. The van der Waals surface area contributed by atoms with E-state index in [9.17, 15) is 0 Å². The van der Waals surface area contributed by atoms with Crippen LogP contribution < -0.4 is 0 Å². The third kappa shape index (κ3) is 5.58. The van der Waals surface area contributed by atoms with Crippen LogP contribution in [0.4, 0.5) is 0 Å². The minimum atomic E-state index is 0.0867. The molecule has 182 valence electrons. The van der Waals surface area contributed by atoms with E-state index in [0.29, 0.717) is 19.0 Å². The number of hydrogen-bond donors (Lipinski definition) is 0. The summed E-state index contributed by atoms with van der Waals surface area (Å²) in [6.45, 7) is 6.55. The summed E-state index contributed by atoms with van der Waals surface area (Å²) in [4.78, 5) is 9.46. The summed E-state index contributed by atoms with van der Waals surface area (Å²) >= 11 is 5.68. The quantitative estimate of drug-likeness (QED) is 0.348. The van der Waals surface area contributed by atoms with E-state index in [0.717, 1.165) is 49.0 Å². The van der Waals surface area contributed by atoms with Gasteiger partial charge in [0.15, 0.2) is 10.6 Å². The molecule has 0 unspecified atom stereocenters. The Hall–Kier alpha value is -3.14. The Morgan fingerprint density at radius 1 is 0.914 bits per heavy atom. The number of nitrogens with zero attached hydrogens (tertiary/aromatic N) is 7. The standard InChI is InChI=1S/C26H31N7OS/c1-20(25-27-23(29-34-25)17-21-9-5-3-6-10-21)32-15-13-31(14-16-32)19-33-26(35)30(2)24(28-33)18-22-11-7-4-8-12-22/h3-12,20H,13-19H2,1-2H3/t20-/m1/s1. The molecule has 8 nitrogen and oxygen atoms in total. The molecule has 3 heterocycles. The monoisotopic (exact) mass is 489 g/mol. The number of benzene rings is 2. The summed E-state index contributed by atoms with van der Waals surface area (Å²) in [6.07, 6.45) is 1.46. The van der Waals surface area contributed by atoms with Crippen molar-refractivity contribution < 1.29 is 4.52 Å². The van der Waals surface area contributed by atoms with Gasteiger partial charge < -0.3 is 9.09 Å². The van der Waals surface area contributed by atoms with Gasteiger partial charge in [-0.1, -0.05) is 65.8 Å². The fourth-order valence-corrected chi connectivity index (χ4v) is 4.69. The Bertz CT molecular complexity index is 1290. The van der Waals surface area contributed by atoms with E-state index in [2.05, 4.69) is 63.3 Å². The lowest BCUT2D eigenvalue weighted by atomic mass is 10.1. The Morgan fingerprint density at radius 3 is 2.20 bits per heavy atom. The molecule has 1 aliphatic heterocycles. The van der Waals surface area contributed by atoms with Gasteiger partial charge in [-0.25, -0.2) is 4.68 Å². The number of rotatable bonds is 8. The van der Waals surface area contributed by atoms with Gasteiger partial charge in [-0.15, -0.1) is 0 Å². The number of piperazine rings is 1. The molecule has 2 aromatic carbocycles. The highest BCUT2D eigenvalue weighted by Crippen LogP contribution is 2.21. The van der Waals surface area contributed by atoms with Gasteiger partial charge in [0.2, 0.25) is 5.89 Å². The third-order valence-corrected chi connectivity index (χ3v) is 7.16. The average Bonchev–Trinajstić information content (AvgIpc) is 3.46. The van der Waals surface area contributed by atoms with Crippen LogP contribution in [0.25, 0.3) is 0 Å². The van der Waals surface area contributed by atoms with Crippen LogP contribution in [0.1, 0.15) is 41.6 Å². The number of aromatic nitrogens is 5. The van der Waals surface area contributed by atoms with Gasteiger partial charge in [-0.05, 0) is 30.3 Å². The predicted octanol–water partition coefficient (Wildman–Crippen LogP) is 3.85. The SMILES string of the molecule is C[C@H](c1nc(Cc2ccccc2)no1)N1CCN(Cn2nc(Cc3ccccc3)n(C)c2=S)CC1. The zero-order valence-electron chi connectivity index (χ0n) is 20.2. The van der Waals surface area contributed by atoms with E-state index in [1.807, 2.05) is 40.6 Å². The molecule has 1 atom stereocenters. The van der Waals surface area contributed by atoms with Gasteiger partial charge >= 0.3 is 0 Å². The first kappa shape index (κ1) is 23.6. The highest BCUT2D eigenvalue weighted by molar-refractivity contribution is 7.71. The lowest BCUT2D eigenvalue weighted by Gasteiger charge is -2.36. The molecule has 1 fully saturated rings. The smallest absolute Gasteiger partial charge is 0.243 e. The van der Waals surface area contributed by atoms with Crippen LogP contribution in [0, 0.1) is 4.77 Å². The van der Waals surface area contributed by atoms with Crippen molar-refractivity contribution in [3.63, 3.8) is 0 Å². The van der Waals surface area contributed by atoms with Crippen molar-refractivity contribution in [1.29, 1.82) is 0 Å². The van der Waals surface area contributed by atoms with Crippen molar-refractivity contribution in [3.05, 3.63) is 94.1 Å². The van der Waals surface area contributed by atoms with Gasteiger partial charge in [-0.3, -0.25) is 9.80 Å². The molecule has 5 rings (SSSR count). The molecule has 1 saturated heterocycles. The van der Waals surface area contributed by atoms with Crippen LogP contribution in [0.5, 0.6) is 0 Å². The molecule has 0 bridgehead atoms. The Morgan fingerprint density at radius 2 is 1.54 bits per heavy atom. The van der Waals surface area contributed by atoms with Crippen LogP contribution in [0.15, 0.2) is 65.2 Å². The summed E-state index contributed by atoms with van der Waals surface area (Å²) in [5.41, 5.74) is 2.42. The molecule has 4 aromatic rings. The number of hydrogen-bond acceptors (Lipinski definition) is 7. The largest absolute Gasteiger partial charge is 0.338 e. The Kier molecular flexibility index (Phi) is 7.17. The lowest BCUT2D eigenvalue weighted by Crippen LogP contribution is -2.47. The second-order valence-corrected chi connectivity index (χ2v) is 9.47. The topological polar surface area (TPSA) is 68.2 Å². The molecular formula is C26H31N7OS. The van der Waals surface area contributed by atoms with Crippen molar-refractivity contribution >= 4 is 12.2 Å². The van der Waals surface area contributed by atoms with E-state index in [1.54, 1.807) is 0 Å². The summed E-state index contributed by atoms with van der Waals surface area (Å²) in [5.74, 6) is 2.39. The minimum absolute atomic E-state index is 0.0867. The molecule has 35 heavy (non-hydrogen) atoms. The highest BCUT2D eigenvalue weighted by atomic mass is 32.1. The molecular weight excluding hydrogens is 458 g/mol. The molecule has 1 aliphatic rings. The summed E-state index contributed by atoms with van der Waals surface area (Å²) in [7, 11) is 2.00. The highest BCUT2D eigenvalue weighted by Gasteiger charge is 2.26. The zero-order chi connectivity index (χ0) is 24.2. The first-order chi connectivity index (χ1) is 17.1. The average molecular weight is 490 g/mol. The maximum absolute atomic E-state index is 5.68. The predicted molar refractivity (Wildman–Crippen MR) is 136 cm³/mol. The first-order valence-electron chi connectivity index (χ1n) is 12.1. The van der Waals surface area contributed by atoms with Crippen molar-refractivity contribution in [2.75, 3.05) is 26.2 Å². The Balaban J connectivity index is 1.16. The van der Waals surface area contributed by atoms with E-state index in [-0.39, 0.29) is 6.04 Å². The molecule has 0 spiro atoms. The third-order valence-electron chi connectivity index (χ3n) is 6.67. The van der Waals surface area contributed by atoms with E-state index >= 15 is 0 Å². The van der Waals surface area contributed by atoms with Crippen LogP contribution in [0.3, 0.4) is 0 Å². The fourth-order valence-electron chi connectivity index (χ4n) is 4.48. The summed E-state index contributed by atoms with van der Waals surface area (Å²) < 4.78 is 10.3. The fraction of sp³-hybridized carbons (Fsp3) is 0.385. The maximum atomic E-state index is 5.68. The Labute approximate surface area is 210 Å². The second kappa shape index (κ2) is 10.6. The molecule has 0 N–H and O–H groups in total. The van der Waals surface area contributed by atoms with Gasteiger partial charge in [0.05, 0.1) is 12.7 Å². The maximum Gasteiger partial charge on any atom is 0.243 e. The van der Waals surface area contributed by atoms with E-state index in [1.165, 1.54) is 11.1 Å². The van der Waals surface area contributed by atoms with Crippen LogP contribution in [-0.4, -0.2) is 60.5 Å². The van der Waals surface area contributed by atoms with Crippen molar-refractivity contribution in [2.24, 2.45) is 7.05 Å². The van der Waals surface area contributed by atoms with Gasteiger partial charge in [0, 0.05) is 46.1 Å². The lowest BCUT2D eigenvalue weighted by molar-refractivity contribution is 0.0683. The second-order valence-electron chi connectivity index (χ2n) is 9.10.